The van der Waals surface area contributed by atoms with Crippen LogP contribution < -0.4 is 15.8 Å². The van der Waals surface area contributed by atoms with Gasteiger partial charge in [-0.1, -0.05) is 6.07 Å². The second-order valence-corrected chi connectivity index (χ2v) is 4.58. The first kappa shape index (κ1) is 16.4. The fourth-order valence-electron chi connectivity index (χ4n) is 1.65. The highest BCUT2D eigenvalue weighted by atomic mass is 19.1. The number of benzene rings is 1. The number of carbonyl (C=O) groups is 1. The summed E-state index contributed by atoms with van der Waals surface area (Å²) in [5, 5.41) is 2.58. The number of nitrogens with one attached hydrogen (secondary N) is 1. The number of halogens is 1. The molecule has 112 valence electrons. The highest BCUT2D eigenvalue weighted by Crippen LogP contribution is 2.18. The van der Waals surface area contributed by atoms with E-state index in [1.165, 1.54) is 12.1 Å². The normalized spacial score (nSPS) is 12.0. The SMILES string of the molecule is COCCNC(=O)COc1ccc(CC(C)N)cc1F. The molecule has 0 aromatic heterocycles. The highest BCUT2D eigenvalue weighted by molar-refractivity contribution is 5.77. The molecule has 0 bridgehead atoms. The Labute approximate surface area is 118 Å². The Morgan fingerprint density at radius 3 is 2.85 bits per heavy atom. The molecule has 6 heteroatoms. The first-order valence-electron chi connectivity index (χ1n) is 6.45. The average Bonchev–Trinajstić information content (AvgIpc) is 2.37. The van der Waals surface area contributed by atoms with Gasteiger partial charge >= 0.3 is 0 Å². The molecule has 1 unspecified atom stereocenters. The Kier molecular flexibility index (Phi) is 6.97. The van der Waals surface area contributed by atoms with E-state index in [0.717, 1.165) is 5.56 Å². The molecule has 0 fully saturated rings. The Bertz CT molecular complexity index is 438. The van der Waals surface area contributed by atoms with Gasteiger partial charge in [-0.05, 0) is 31.0 Å². The molecule has 0 spiro atoms. The van der Waals surface area contributed by atoms with Gasteiger partial charge in [-0.25, -0.2) is 4.39 Å². The maximum atomic E-state index is 13.7. The quantitative estimate of drug-likeness (QED) is 0.694. The molecule has 0 saturated heterocycles. The fraction of sp³-hybridized carbons (Fsp3) is 0.500. The van der Waals surface area contributed by atoms with Crippen LogP contribution in [0, 0.1) is 5.82 Å². The van der Waals surface area contributed by atoms with E-state index in [4.69, 9.17) is 15.2 Å². The zero-order valence-corrected chi connectivity index (χ0v) is 11.8. The van der Waals surface area contributed by atoms with Crippen molar-refractivity contribution in [2.24, 2.45) is 5.73 Å². The maximum absolute atomic E-state index is 13.7. The molecule has 1 atom stereocenters. The first-order chi connectivity index (χ1) is 9.52. The van der Waals surface area contributed by atoms with Crippen molar-refractivity contribution in [1.29, 1.82) is 0 Å². The lowest BCUT2D eigenvalue weighted by Gasteiger charge is -2.10. The minimum atomic E-state index is -0.493. The van der Waals surface area contributed by atoms with Crippen molar-refractivity contribution in [2.45, 2.75) is 19.4 Å². The van der Waals surface area contributed by atoms with Crippen LogP contribution in [-0.4, -0.2) is 38.8 Å². The molecule has 1 amide bonds. The van der Waals surface area contributed by atoms with Gasteiger partial charge in [0.2, 0.25) is 0 Å². The highest BCUT2D eigenvalue weighted by Gasteiger charge is 2.08. The van der Waals surface area contributed by atoms with Gasteiger partial charge in [-0.15, -0.1) is 0 Å². The molecule has 0 heterocycles. The van der Waals surface area contributed by atoms with Gasteiger partial charge in [0.15, 0.2) is 18.2 Å². The predicted octanol–water partition coefficient (Wildman–Crippen LogP) is 0.857. The molecule has 1 aromatic rings. The maximum Gasteiger partial charge on any atom is 0.258 e. The Morgan fingerprint density at radius 1 is 1.50 bits per heavy atom. The van der Waals surface area contributed by atoms with Gasteiger partial charge in [0.25, 0.3) is 5.91 Å². The zero-order chi connectivity index (χ0) is 15.0. The monoisotopic (exact) mass is 284 g/mol. The molecule has 0 radical (unpaired) electrons. The minimum absolute atomic E-state index is 0.0345. The Hall–Kier alpha value is -1.66. The molecule has 5 nitrogen and oxygen atoms in total. The molecule has 0 aliphatic carbocycles. The van der Waals surface area contributed by atoms with E-state index in [9.17, 15) is 9.18 Å². The van der Waals surface area contributed by atoms with Gasteiger partial charge in [-0.3, -0.25) is 4.79 Å². The molecule has 1 rings (SSSR count). The van der Waals surface area contributed by atoms with Crippen LogP contribution in [-0.2, 0) is 16.0 Å². The third-order valence-corrected chi connectivity index (χ3v) is 2.54. The van der Waals surface area contributed by atoms with Crippen molar-refractivity contribution in [3.8, 4) is 5.75 Å². The standard InChI is InChI=1S/C14H21FN2O3/c1-10(16)7-11-3-4-13(12(15)8-11)20-9-14(18)17-5-6-19-2/h3-4,8,10H,5-7,9,16H2,1-2H3,(H,17,18). The second-order valence-electron chi connectivity index (χ2n) is 4.58. The topological polar surface area (TPSA) is 73.6 Å². The summed E-state index contributed by atoms with van der Waals surface area (Å²) < 4.78 is 23.7. The number of nitrogens with two attached hydrogens (primary N) is 1. The second kappa shape index (κ2) is 8.50. The number of rotatable bonds is 8. The van der Waals surface area contributed by atoms with Crippen LogP contribution in [0.1, 0.15) is 12.5 Å². The molecule has 3 N–H and O–H groups in total. The van der Waals surface area contributed by atoms with E-state index < -0.39 is 5.82 Å². The van der Waals surface area contributed by atoms with Gasteiger partial charge in [0.05, 0.1) is 6.61 Å². The van der Waals surface area contributed by atoms with Crippen LogP contribution in [0.3, 0.4) is 0 Å². The lowest BCUT2D eigenvalue weighted by molar-refractivity contribution is -0.123. The van der Waals surface area contributed by atoms with Crippen molar-refractivity contribution < 1.29 is 18.7 Å². The summed E-state index contributed by atoms with van der Waals surface area (Å²) in [5.74, 6) is -0.755. The van der Waals surface area contributed by atoms with E-state index in [-0.39, 0.29) is 24.3 Å². The van der Waals surface area contributed by atoms with Crippen LogP contribution in [0.4, 0.5) is 4.39 Å². The minimum Gasteiger partial charge on any atom is -0.481 e. The summed E-state index contributed by atoms with van der Waals surface area (Å²) >= 11 is 0. The summed E-state index contributed by atoms with van der Waals surface area (Å²) in [6.45, 7) is 2.44. The molecule has 0 aliphatic rings. The summed E-state index contributed by atoms with van der Waals surface area (Å²) in [5.41, 5.74) is 6.45. The number of amides is 1. The van der Waals surface area contributed by atoms with Crippen LogP contribution in [0.25, 0.3) is 0 Å². The molecule has 0 saturated carbocycles. The third-order valence-electron chi connectivity index (χ3n) is 2.54. The van der Waals surface area contributed by atoms with Crippen molar-refractivity contribution >= 4 is 5.91 Å². The number of hydrogen-bond acceptors (Lipinski definition) is 4. The Balaban J connectivity index is 2.46. The van der Waals surface area contributed by atoms with E-state index in [0.29, 0.717) is 19.6 Å². The van der Waals surface area contributed by atoms with E-state index in [1.54, 1.807) is 13.2 Å². The summed E-state index contributed by atoms with van der Waals surface area (Å²) in [4.78, 5) is 11.4. The summed E-state index contributed by atoms with van der Waals surface area (Å²) in [6, 6.07) is 4.59. The van der Waals surface area contributed by atoms with Crippen molar-refractivity contribution in [2.75, 3.05) is 26.9 Å². The average molecular weight is 284 g/mol. The molecule has 0 aliphatic heterocycles. The smallest absolute Gasteiger partial charge is 0.258 e. The zero-order valence-electron chi connectivity index (χ0n) is 11.8. The van der Waals surface area contributed by atoms with Crippen molar-refractivity contribution in [1.82, 2.24) is 5.32 Å². The predicted molar refractivity (Wildman–Crippen MR) is 74.1 cm³/mol. The van der Waals surface area contributed by atoms with Gasteiger partial charge in [-0.2, -0.15) is 0 Å². The van der Waals surface area contributed by atoms with Crippen molar-refractivity contribution in [3.05, 3.63) is 29.6 Å². The van der Waals surface area contributed by atoms with Gasteiger partial charge in [0.1, 0.15) is 0 Å². The summed E-state index contributed by atoms with van der Waals surface area (Å²) in [7, 11) is 1.54. The summed E-state index contributed by atoms with van der Waals surface area (Å²) in [6.07, 6.45) is 0.592. The largest absolute Gasteiger partial charge is 0.481 e. The van der Waals surface area contributed by atoms with Gasteiger partial charge in [0, 0.05) is 19.7 Å². The van der Waals surface area contributed by atoms with Crippen molar-refractivity contribution in [3.63, 3.8) is 0 Å². The van der Waals surface area contributed by atoms with Gasteiger partial charge < -0.3 is 20.5 Å². The molecular weight excluding hydrogens is 263 g/mol. The van der Waals surface area contributed by atoms with Crippen LogP contribution in [0.15, 0.2) is 18.2 Å². The molecule has 1 aromatic carbocycles. The van der Waals surface area contributed by atoms with E-state index in [1.807, 2.05) is 6.92 Å². The first-order valence-corrected chi connectivity index (χ1v) is 6.45. The van der Waals surface area contributed by atoms with Crippen LogP contribution in [0.5, 0.6) is 5.75 Å². The molecular formula is C14H21FN2O3. The third kappa shape index (κ3) is 5.99. The van der Waals surface area contributed by atoms with E-state index in [2.05, 4.69) is 5.32 Å². The molecule has 20 heavy (non-hydrogen) atoms. The van der Waals surface area contributed by atoms with E-state index >= 15 is 0 Å². The number of ether oxygens (including phenoxy) is 2. The Morgan fingerprint density at radius 2 is 2.25 bits per heavy atom. The van der Waals surface area contributed by atoms with Crippen LogP contribution in [0.2, 0.25) is 0 Å². The number of methoxy groups -OCH3 is 1. The lowest BCUT2D eigenvalue weighted by atomic mass is 10.1. The number of carbonyl (C=O) groups excluding carboxylic acids is 1. The lowest BCUT2D eigenvalue weighted by Crippen LogP contribution is -2.31. The van der Waals surface area contributed by atoms with Crippen LogP contribution >= 0.6 is 0 Å². The number of hydrogen-bond donors (Lipinski definition) is 2. The fourth-order valence-corrected chi connectivity index (χ4v) is 1.65.